The van der Waals surface area contributed by atoms with Crippen molar-refractivity contribution in [2.45, 2.75) is 6.92 Å². The number of hydrogen-bond acceptors (Lipinski definition) is 2. The third kappa shape index (κ3) is 3.27. The Balaban J connectivity index is 2.22. The first kappa shape index (κ1) is 20.4. The molecule has 0 bridgehead atoms. The molecule has 2 aromatic heterocycles. The Kier molecular flexibility index (Phi) is 5.21. The lowest BCUT2D eigenvalue weighted by atomic mass is 10.1. The molecule has 0 saturated heterocycles. The molecule has 29 heavy (non-hydrogen) atoms. The molecule has 4 rings (SSSR count). The van der Waals surface area contributed by atoms with Crippen LogP contribution in [0.4, 0.5) is 0 Å². The molecule has 0 saturated carbocycles. The third-order valence-corrected chi connectivity index (χ3v) is 8.15. The Morgan fingerprint density at radius 3 is 2.17 bits per heavy atom. The van der Waals surface area contributed by atoms with Gasteiger partial charge in [0.1, 0.15) is 0 Å². The molecule has 0 fully saturated rings. The van der Waals surface area contributed by atoms with Crippen LogP contribution in [0.15, 0.2) is 65.6 Å². The van der Waals surface area contributed by atoms with Crippen LogP contribution >= 0.6 is 47.8 Å². The summed E-state index contributed by atoms with van der Waals surface area (Å²) in [6, 6.07) is 11.9. The molecule has 8 heteroatoms. The largest absolute Gasteiger partial charge is 0.330 e. The van der Waals surface area contributed by atoms with Gasteiger partial charge in [0.2, 0.25) is 0 Å². The fourth-order valence-electron chi connectivity index (χ4n) is 3.50. The molecule has 2 heterocycles. The summed E-state index contributed by atoms with van der Waals surface area (Å²) in [7, 11) is 3.19. The van der Waals surface area contributed by atoms with E-state index in [1.54, 1.807) is 7.05 Å². The van der Waals surface area contributed by atoms with Crippen LogP contribution in [-0.4, -0.2) is 13.7 Å². The summed E-state index contributed by atoms with van der Waals surface area (Å²) < 4.78 is 7.27. The van der Waals surface area contributed by atoms with Crippen molar-refractivity contribution >= 4 is 58.7 Å². The molecule has 0 amide bonds. The van der Waals surface area contributed by atoms with Crippen LogP contribution < -0.4 is 11.2 Å². The molecule has 5 nitrogen and oxygen atoms in total. The second kappa shape index (κ2) is 7.41. The first-order valence-electron chi connectivity index (χ1n) is 8.73. The van der Waals surface area contributed by atoms with Gasteiger partial charge in [0.05, 0.1) is 16.6 Å². The molecule has 0 unspecified atom stereocenters. The highest BCUT2D eigenvalue weighted by molar-refractivity contribution is 9.14. The number of benzene rings is 2. The molecule has 4 aromatic rings. The first-order valence-corrected chi connectivity index (χ1v) is 11.1. The van der Waals surface area contributed by atoms with Crippen molar-refractivity contribution in [1.29, 1.82) is 0 Å². The Hall–Kier alpha value is -1.90. The summed E-state index contributed by atoms with van der Waals surface area (Å²) >= 11 is 10.7. The van der Waals surface area contributed by atoms with Gasteiger partial charge in [-0.25, -0.2) is 4.79 Å². The van der Waals surface area contributed by atoms with E-state index in [1.807, 2.05) is 54.1 Å². The molecule has 0 N–H and O–H groups in total. The standard InChI is InChI=1S/C21H16Br3N3O2/c1-11-5-4-6-12(7-11)19-17-16(25(2)21(29)26(3)20(17)28)10-27(19)13-8-14(22)18(24)15(23)9-13/h4-10H,1-3H3. The van der Waals surface area contributed by atoms with Crippen LogP contribution in [0.3, 0.4) is 0 Å². The van der Waals surface area contributed by atoms with E-state index in [0.29, 0.717) is 10.9 Å². The highest BCUT2D eigenvalue weighted by Gasteiger charge is 2.21. The summed E-state index contributed by atoms with van der Waals surface area (Å²) in [6.45, 7) is 2.01. The summed E-state index contributed by atoms with van der Waals surface area (Å²) in [5.74, 6) is 0. The number of hydrogen-bond donors (Lipinski definition) is 0. The summed E-state index contributed by atoms with van der Waals surface area (Å²) in [4.78, 5) is 25.6. The Labute approximate surface area is 192 Å². The molecule has 0 aliphatic carbocycles. The van der Waals surface area contributed by atoms with Crippen molar-refractivity contribution in [1.82, 2.24) is 13.7 Å². The molecule has 0 spiro atoms. The molecule has 0 radical (unpaired) electrons. The van der Waals surface area contributed by atoms with Crippen molar-refractivity contribution in [3.05, 3.63) is 82.4 Å². The van der Waals surface area contributed by atoms with E-state index < -0.39 is 0 Å². The highest BCUT2D eigenvalue weighted by atomic mass is 79.9. The van der Waals surface area contributed by atoms with Gasteiger partial charge in [-0.05, 0) is 78.5 Å². The van der Waals surface area contributed by atoms with Gasteiger partial charge in [0, 0.05) is 39.4 Å². The van der Waals surface area contributed by atoms with Crippen LogP contribution in [0.2, 0.25) is 0 Å². The second-order valence-corrected chi connectivity index (χ2v) is 9.41. The summed E-state index contributed by atoms with van der Waals surface area (Å²) in [6.07, 6.45) is 1.85. The zero-order chi connectivity index (χ0) is 21.0. The molecular formula is C21H16Br3N3O2. The van der Waals surface area contributed by atoms with Crippen molar-refractivity contribution in [2.24, 2.45) is 14.1 Å². The van der Waals surface area contributed by atoms with E-state index in [9.17, 15) is 9.59 Å². The van der Waals surface area contributed by atoms with E-state index >= 15 is 0 Å². The molecule has 148 valence electrons. The number of aryl methyl sites for hydroxylation is 2. The second-order valence-electron chi connectivity index (χ2n) is 6.91. The topological polar surface area (TPSA) is 48.9 Å². The minimum absolute atomic E-state index is 0.311. The van der Waals surface area contributed by atoms with Gasteiger partial charge >= 0.3 is 5.69 Å². The van der Waals surface area contributed by atoms with E-state index in [1.165, 1.54) is 11.6 Å². The maximum atomic E-state index is 13.1. The van der Waals surface area contributed by atoms with Crippen molar-refractivity contribution in [3.63, 3.8) is 0 Å². The molecule has 0 aliphatic heterocycles. The van der Waals surface area contributed by atoms with E-state index in [4.69, 9.17) is 0 Å². The Bertz CT molecular complexity index is 1390. The monoisotopic (exact) mass is 579 g/mol. The van der Waals surface area contributed by atoms with Crippen LogP contribution in [0, 0.1) is 6.92 Å². The smallest absolute Gasteiger partial charge is 0.313 e. The third-order valence-electron chi connectivity index (χ3n) is 4.98. The Morgan fingerprint density at radius 2 is 1.55 bits per heavy atom. The number of halogens is 3. The lowest BCUT2D eigenvalue weighted by Crippen LogP contribution is -2.36. The molecule has 0 atom stereocenters. The molecule has 0 aliphatic rings. The van der Waals surface area contributed by atoms with Crippen molar-refractivity contribution < 1.29 is 0 Å². The van der Waals surface area contributed by atoms with Crippen LogP contribution in [0.25, 0.3) is 27.8 Å². The highest BCUT2D eigenvalue weighted by Crippen LogP contribution is 2.37. The molecule has 2 aromatic carbocycles. The van der Waals surface area contributed by atoms with Crippen molar-refractivity contribution in [3.8, 4) is 16.9 Å². The number of rotatable bonds is 2. The van der Waals surface area contributed by atoms with Gasteiger partial charge in [-0.2, -0.15) is 0 Å². The van der Waals surface area contributed by atoms with Crippen LogP contribution in [-0.2, 0) is 14.1 Å². The fourth-order valence-corrected chi connectivity index (χ4v) is 4.89. The number of nitrogens with zero attached hydrogens (tertiary/aromatic N) is 3. The minimum Gasteiger partial charge on any atom is -0.313 e. The summed E-state index contributed by atoms with van der Waals surface area (Å²) in [5.41, 5.74) is 3.52. The average Bonchev–Trinajstić information content (AvgIpc) is 3.09. The number of fused-ring (bicyclic) bond motifs is 1. The molecular weight excluding hydrogens is 566 g/mol. The van der Waals surface area contributed by atoms with Gasteiger partial charge in [-0.15, -0.1) is 0 Å². The zero-order valence-corrected chi connectivity index (χ0v) is 20.6. The van der Waals surface area contributed by atoms with Gasteiger partial charge in [-0.3, -0.25) is 13.9 Å². The van der Waals surface area contributed by atoms with Gasteiger partial charge in [0.15, 0.2) is 0 Å². The first-order chi connectivity index (χ1) is 13.7. The lowest BCUT2D eigenvalue weighted by Gasteiger charge is -2.13. The quantitative estimate of drug-likeness (QED) is 0.302. The summed E-state index contributed by atoms with van der Waals surface area (Å²) in [5, 5.41) is 0.510. The van der Waals surface area contributed by atoms with Gasteiger partial charge < -0.3 is 4.57 Å². The maximum absolute atomic E-state index is 13.1. The number of aromatic nitrogens is 3. The Morgan fingerprint density at radius 1 is 0.897 bits per heavy atom. The van der Waals surface area contributed by atoms with Gasteiger partial charge in [-0.1, -0.05) is 23.8 Å². The van der Waals surface area contributed by atoms with E-state index in [2.05, 4.69) is 47.8 Å². The average molecular weight is 582 g/mol. The zero-order valence-electron chi connectivity index (χ0n) is 15.8. The maximum Gasteiger partial charge on any atom is 0.330 e. The van der Waals surface area contributed by atoms with Crippen LogP contribution in [0.1, 0.15) is 5.56 Å². The van der Waals surface area contributed by atoms with E-state index in [-0.39, 0.29) is 11.2 Å². The normalized spacial score (nSPS) is 11.4. The van der Waals surface area contributed by atoms with Gasteiger partial charge in [0.25, 0.3) is 5.56 Å². The van der Waals surface area contributed by atoms with Crippen molar-refractivity contribution in [2.75, 3.05) is 0 Å². The fraction of sp³-hybridized carbons (Fsp3) is 0.143. The predicted molar refractivity (Wildman–Crippen MR) is 127 cm³/mol. The minimum atomic E-state index is -0.353. The SMILES string of the molecule is Cc1cccc(-c2c3c(=O)n(C)c(=O)n(C)c3cn2-c2cc(Br)c(Br)c(Br)c2)c1. The predicted octanol–water partition coefficient (Wildman–Crippen LogP) is 5.29. The van der Waals surface area contributed by atoms with Crippen LogP contribution in [0.5, 0.6) is 0 Å². The lowest BCUT2D eigenvalue weighted by molar-refractivity contribution is 0.714. The van der Waals surface area contributed by atoms with E-state index in [0.717, 1.165) is 40.5 Å².